The number of likely N-dealkylation sites (tertiary alicyclic amines) is 1. The molecule has 1 aromatic carbocycles. The summed E-state index contributed by atoms with van der Waals surface area (Å²) < 4.78 is 0. The molecule has 0 spiro atoms. The largest absolute Gasteiger partial charge is 0.481 e. The van der Waals surface area contributed by atoms with E-state index in [9.17, 15) is 19.8 Å². The van der Waals surface area contributed by atoms with Crippen LogP contribution >= 0.6 is 0 Å². The SMILES string of the molecule is CCN1CCN(CC(=O)N2CC[C@H](O)[C@](Cc3ccccc3)(C(=O)O)C2)CC1. The molecule has 2 aliphatic heterocycles. The van der Waals surface area contributed by atoms with Gasteiger partial charge in [0, 0.05) is 39.3 Å². The Kier molecular flexibility index (Phi) is 6.69. The van der Waals surface area contributed by atoms with E-state index in [4.69, 9.17) is 0 Å². The number of benzene rings is 1. The van der Waals surface area contributed by atoms with E-state index in [0.29, 0.717) is 13.1 Å². The van der Waals surface area contributed by atoms with Crippen LogP contribution in [0.25, 0.3) is 0 Å². The zero-order valence-electron chi connectivity index (χ0n) is 16.6. The third-order valence-corrected chi connectivity index (χ3v) is 6.20. The predicted molar refractivity (Wildman–Crippen MR) is 106 cm³/mol. The maximum atomic E-state index is 12.9. The summed E-state index contributed by atoms with van der Waals surface area (Å²) in [4.78, 5) is 31.2. The topological polar surface area (TPSA) is 84.3 Å². The minimum absolute atomic E-state index is 0.0458. The van der Waals surface area contributed by atoms with Crippen LogP contribution in [0.2, 0.25) is 0 Å². The smallest absolute Gasteiger partial charge is 0.314 e. The molecule has 2 atom stereocenters. The summed E-state index contributed by atoms with van der Waals surface area (Å²) in [6.07, 6.45) is -0.472. The van der Waals surface area contributed by atoms with Gasteiger partial charge >= 0.3 is 5.97 Å². The van der Waals surface area contributed by atoms with Crippen LogP contribution in [-0.4, -0.2) is 95.3 Å². The van der Waals surface area contributed by atoms with Crippen LogP contribution in [0, 0.1) is 5.41 Å². The van der Waals surface area contributed by atoms with Gasteiger partial charge in [-0.25, -0.2) is 0 Å². The number of hydrogen-bond donors (Lipinski definition) is 2. The molecule has 2 heterocycles. The number of likely N-dealkylation sites (N-methyl/N-ethyl adjacent to an activating group) is 1. The highest BCUT2D eigenvalue weighted by Crippen LogP contribution is 2.35. The van der Waals surface area contributed by atoms with Crippen LogP contribution in [0.5, 0.6) is 0 Å². The first kappa shape index (κ1) is 20.8. The highest BCUT2D eigenvalue weighted by Gasteiger charge is 2.50. The van der Waals surface area contributed by atoms with Crippen LogP contribution in [0.3, 0.4) is 0 Å². The standard InChI is InChI=1S/C21H31N3O4/c1-2-22-10-12-23(13-11-22)15-19(26)24-9-8-18(25)21(16-24,20(27)28)14-17-6-4-3-5-7-17/h3-7,18,25H,2,8-16H2,1H3,(H,27,28)/t18-,21+/m0/s1. The van der Waals surface area contributed by atoms with E-state index in [1.165, 1.54) is 0 Å². The van der Waals surface area contributed by atoms with E-state index in [0.717, 1.165) is 38.3 Å². The molecule has 2 fully saturated rings. The number of piperidine rings is 1. The molecule has 0 unspecified atom stereocenters. The Labute approximate surface area is 166 Å². The summed E-state index contributed by atoms with van der Waals surface area (Å²) in [5.74, 6) is -1.09. The van der Waals surface area contributed by atoms with Crippen LogP contribution in [0.4, 0.5) is 0 Å². The Morgan fingerprint density at radius 3 is 2.32 bits per heavy atom. The third-order valence-electron chi connectivity index (χ3n) is 6.20. The average molecular weight is 389 g/mol. The molecule has 2 N–H and O–H groups in total. The molecule has 154 valence electrons. The van der Waals surface area contributed by atoms with Gasteiger partial charge in [0.15, 0.2) is 0 Å². The molecule has 0 saturated carbocycles. The molecular formula is C21H31N3O4. The van der Waals surface area contributed by atoms with Crippen LogP contribution in [0.15, 0.2) is 30.3 Å². The molecule has 0 aromatic heterocycles. The summed E-state index contributed by atoms with van der Waals surface area (Å²) in [5.41, 5.74) is -0.509. The molecule has 0 bridgehead atoms. The molecule has 3 rings (SSSR count). The lowest BCUT2D eigenvalue weighted by molar-refractivity contribution is -0.166. The minimum atomic E-state index is -1.36. The Morgan fingerprint density at radius 2 is 1.71 bits per heavy atom. The molecule has 28 heavy (non-hydrogen) atoms. The highest BCUT2D eigenvalue weighted by atomic mass is 16.4. The number of aliphatic carboxylic acids is 1. The molecule has 2 saturated heterocycles. The number of rotatable bonds is 6. The van der Waals surface area contributed by atoms with Crippen molar-refractivity contribution in [1.82, 2.24) is 14.7 Å². The van der Waals surface area contributed by atoms with Crippen molar-refractivity contribution in [2.24, 2.45) is 5.41 Å². The van der Waals surface area contributed by atoms with E-state index >= 15 is 0 Å². The molecule has 0 radical (unpaired) electrons. The second-order valence-corrected chi connectivity index (χ2v) is 7.95. The fraction of sp³-hybridized carbons (Fsp3) is 0.619. The van der Waals surface area contributed by atoms with Gasteiger partial charge in [-0.2, -0.15) is 0 Å². The van der Waals surface area contributed by atoms with E-state index in [2.05, 4.69) is 16.7 Å². The number of carboxylic acids is 1. The number of hydrogen-bond acceptors (Lipinski definition) is 5. The first-order valence-electron chi connectivity index (χ1n) is 10.1. The average Bonchev–Trinajstić information content (AvgIpc) is 2.70. The monoisotopic (exact) mass is 389 g/mol. The lowest BCUT2D eigenvalue weighted by Crippen LogP contribution is -2.60. The third kappa shape index (κ3) is 4.54. The van der Waals surface area contributed by atoms with Gasteiger partial charge in [-0.15, -0.1) is 0 Å². The fourth-order valence-electron chi connectivity index (χ4n) is 4.27. The number of amides is 1. The lowest BCUT2D eigenvalue weighted by Gasteiger charge is -2.44. The quantitative estimate of drug-likeness (QED) is 0.739. The van der Waals surface area contributed by atoms with Crippen LogP contribution in [-0.2, 0) is 16.0 Å². The predicted octanol–water partition coefficient (Wildman–Crippen LogP) is 0.531. The van der Waals surface area contributed by atoms with Gasteiger partial charge in [0.1, 0.15) is 5.41 Å². The molecule has 0 aliphatic carbocycles. The van der Waals surface area contributed by atoms with Gasteiger partial charge in [-0.1, -0.05) is 37.3 Å². The number of aliphatic hydroxyl groups excluding tert-OH is 1. The molecule has 2 aliphatic rings. The first-order chi connectivity index (χ1) is 13.4. The molecule has 7 nitrogen and oxygen atoms in total. The first-order valence-corrected chi connectivity index (χ1v) is 10.1. The van der Waals surface area contributed by atoms with Gasteiger partial charge in [-0.3, -0.25) is 14.5 Å². The maximum Gasteiger partial charge on any atom is 0.314 e. The van der Waals surface area contributed by atoms with E-state index in [1.54, 1.807) is 4.90 Å². The van der Waals surface area contributed by atoms with Crippen molar-refractivity contribution in [3.8, 4) is 0 Å². The minimum Gasteiger partial charge on any atom is -0.481 e. The van der Waals surface area contributed by atoms with Crippen LogP contribution < -0.4 is 0 Å². The van der Waals surface area contributed by atoms with Gasteiger partial charge in [0.2, 0.25) is 5.91 Å². The zero-order chi connectivity index (χ0) is 20.1. The van der Waals surface area contributed by atoms with Gasteiger partial charge in [-0.05, 0) is 24.9 Å². The molecular weight excluding hydrogens is 358 g/mol. The van der Waals surface area contributed by atoms with Crippen molar-refractivity contribution in [1.29, 1.82) is 0 Å². The maximum absolute atomic E-state index is 12.9. The Bertz CT molecular complexity index is 675. The van der Waals surface area contributed by atoms with E-state index in [1.807, 2.05) is 30.3 Å². The summed E-state index contributed by atoms with van der Waals surface area (Å²) in [6, 6.07) is 9.33. The highest BCUT2D eigenvalue weighted by molar-refractivity contribution is 5.81. The van der Waals surface area contributed by atoms with Gasteiger partial charge < -0.3 is 20.0 Å². The molecule has 1 amide bonds. The Morgan fingerprint density at radius 1 is 1.07 bits per heavy atom. The number of carboxylic acid groups (broad SMARTS) is 1. The zero-order valence-corrected chi connectivity index (χ0v) is 16.6. The molecule has 7 heteroatoms. The Balaban J connectivity index is 1.68. The lowest BCUT2D eigenvalue weighted by atomic mass is 9.73. The summed E-state index contributed by atoms with van der Waals surface area (Å²) in [6.45, 7) is 7.53. The Hall–Kier alpha value is -1.96. The van der Waals surface area contributed by atoms with E-state index < -0.39 is 17.5 Å². The number of piperazine rings is 1. The normalized spacial score (nSPS) is 26.9. The summed E-state index contributed by atoms with van der Waals surface area (Å²) >= 11 is 0. The summed E-state index contributed by atoms with van der Waals surface area (Å²) in [5, 5.41) is 20.6. The van der Waals surface area contributed by atoms with Crippen molar-refractivity contribution < 1.29 is 19.8 Å². The second kappa shape index (κ2) is 9.03. The summed E-state index contributed by atoms with van der Waals surface area (Å²) in [7, 11) is 0. The fourth-order valence-corrected chi connectivity index (χ4v) is 4.27. The number of carbonyl (C=O) groups excluding carboxylic acids is 1. The number of aliphatic hydroxyl groups is 1. The van der Waals surface area contributed by atoms with Crippen molar-refractivity contribution in [3.63, 3.8) is 0 Å². The van der Waals surface area contributed by atoms with Crippen molar-refractivity contribution >= 4 is 11.9 Å². The van der Waals surface area contributed by atoms with E-state index in [-0.39, 0.29) is 25.3 Å². The number of nitrogens with zero attached hydrogens (tertiary/aromatic N) is 3. The van der Waals surface area contributed by atoms with Gasteiger partial charge in [0.05, 0.1) is 12.6 Å². The van der Waals surface area contributed by atoms with Crippen molar-refractivity contribution in [2.75, 3.05) is 52.4 Å². The second-order valence-electron chi connectivity index (χ2n) is 7.95. The van der Waals surface area contributed by atoms with Crippen molar-refractivity contribution in [2.45, 2.75) is 25.9 Å². The number of carbonyl (C=O) groups is 2. The van der Waals surface area contributed by atoms with Gasteiger partial charge in [0.25, 0.3) is 0 Å². The van der Waals surface area contributed by atoms with Crippen LogP contribution in [0.1, 0.15) is 18.9 Å². The van der Waals surface area contributed by atoms with Crippen molar-refractivity contribution in [3.05, 3.63) is 35.9 Å². The molecule has 1 aromatic rings.